The van der Waals surface area contributed by atoms with E-state index in [1.807, 2.05) is 18.2 Å². The van der Waals surface area contributed by atoms with Gasteiger partial charge in [-0.25, -0.2) is 9.59 Å². The van der Waals surface area contributed by atoms with Crippen molar-refractivity contribution in [2.45, 2.75) is 44.9 Å². The summed E-state index contributed by atoms with van der Waals surface area (Å²) in [6.07, 6.45) is 5.26. The van der Waals surface area contributed by atoms with Gasteiger partial charge in [-0.05, 0) is 63.0 Å². The first-order valence-electron chi connectivity index (χ1n) is 9.22. The third-order valence-corrected chi connectivity index (χ3v) is 5.05. The highest BCUT2D eigenvalue weighted by Gasteiger charge is 2.21. The third kappa shape index (κ3) is 3.95. The predicted molar refractivity (Wildman–Crippen MR) is 98.3 cm³/mol. The molecule has 6 nitrogen and oxygen atoms in total. The van der Waals surface area contributed by atoms with Crippen LogP contribution in [0.5, 0.6) is 0 Å². The number of unbranched alkanes of at least 4 members (excludes halogenated alkanes) is 2. The molecule has 0 spiro atoms. The van der Waals surface area contributed by atoms with Crippen LogP contribution in [0.1, 0.15) is 50.5 Å². The second-order valence-corrected chi connectivity index (χ2v) is 6.95. The summed E-state index contributed by atoms with van der Waals surface area (Å²) in [7, 11) is 2.14. The van der Waals surface area contributed by atoms with Gasteiger partial charge in [-0.1, -0.05) is 25.8 Å². The molecule has 0 saturated carbocycles. The summed E-state index contributed by atoms with van der Waals surface area (Å²) in [6, 6.07) is 5.37. The van der Waals surface area contributed by atoms with E-state index in [0.717, 1.165) is 49.8 Å². The van der Waals surface area contributed by atoms with E-state index < -0.39 is 11.8 Å². The van der Waals surface area contributed by atoms with Crippen LogP contribution in [0.2, 0.25) is 0 Å². The Morgan fingerprint density at radius 2 is 2.04 bits per heavy atom. The number of carbonyl (C=O) groups is 1. The van der Waals surface area contributed by atoms with Crippen molar-refractivity contribution in [1.29, 1.82) is 0 Å². The number of piperidine rings is 1. The number of rotatable bonds is 5. The van der Waals surface area contributed by atoms with Crippen molar-refractivity contribution in [3.05, 3.63) is 34.3 Å². The second-order valence-electron chi connectivity index (χ2n) is 6.95. The van der Waals surface area contributed by atoms with Crippen molar-refractivity contribution in [2.24, 2.45) is 0 Å². The van der Waals surface area contributed by atoms with E-state index in [2.05, 4.69) is 24.2 Å². The van der Waals surface area contributed by atoms with Crippen LogP contribution in [0, 0.1) is 0 Å². The number of fused-ring (bicyclic) bond motifs is 1. The summed E-state index contributed by atoms with van der Waals surface area (Å²) in [5, 5.41) is 2.79. The summed E-state index contributed by atoms with van der Waals surface area (Å²) < 4.78 is 6.43. The normalized spacial score (nSPS) is 16.4. The van der Waals surface area contributed by atoms with Gasteiger partial charge in [0, 0.05) is 6.54 Å². The Kier molecular flexibility index (Phi) is 5.58. The Balaban J connectivity index is 1.78. The van der Waals surface area contributed by atoms with E-state index in [9.17, 15) is 9.59 Å². The molecule has 1 N–H and O–H groups in total. The maximum absolute atomic E-state index is 12.3. The van der Waals surface area contributed by atoms with Gasteiger partial charge in [-0.3, -0.25) is 0 Å². The number of likely N-dealkylation sites (tertiary alicyclic amines) is 1. The zero-order valence-electron chi connectivity index (χ0n) is 15.1. The summed E-state index contributed by atoms with van der Waals surface area (Å²) in [6.45, 7) is 4.83. The van der Waals surface area contributed by atoms with Crippen LogP contribution in [-0.4, -0.2) is 42.2 Å². The van der Waals surface area contributed by atoms with E-state index in [1.165, 1.54) is 5.56 Å². The van der Waals surface area contributed by atoms with Gasteiger partial charge in [0.1, 0.15) is 0 Å². The molecule has 6 heteroatoms. The minimum Gasteiger partial charge on any atom is -0.407 e. The van der Waals surface area contributed by atoms with Crippen molar-refractivity contribution < 1.29 is 9.21 Å². The highest BCUT2D eigenvalue weighted by atomic mass is 16.4. The maximum atomic E-state index is 12.3. The van der Waals surface area contributed by atoms with Crippen molar-refractivity contribution in [3.63, 3.8) is 0 Å². The summed E-state index contributed by atoms with van der Waals surface area (Å²) in [5.74, 6) is -0.138. The molecule has 25 heavy (non-hydrogen) atoms. The number of oxazole rings is 1. The van der Waals surface area contributed by atoms with Crippen molar-refractivity contribution >= 4 is 17.1 Å². The quantitative estimate of drug-likeness (QED) is 0.845. The lowest BCUT2D eigenvalue weighted by Gasteiger charge is -2.29. The molecule has 2 aromatic rings. The lowest BCUT2D eigenvalue weighted by molar-refractivity contribution is 0.241. The molecule has 136 valence electrons. The fourth-order valence-corrected chi connectivity index (χ4v) is 3.47. The average Bonchev–Trinajstić information content (AvgIpc) is 2.94. The minimum absolute atomic E-state index is 0.410. The van der Waals surface area contributed by atoms with Gasteiger partial charge in [0.2, 0.25) is 0 Å². The molecular formula is C19H27N3O3. The topological polar surface area (TPSA) is 67.5 Å². The summed E-state index contributed by atoms with van der Waals surface area (Å²) in [5.41, 5.74) is 2.21. The van der Waals surface area contributed by atoms with Crippen LogP contribution in [0.3, 0.4) is 0 Å². The zero-order valence-corrected chi connectivity index (χ0v) is 15.1. The maximum Gasteiger partial charge on any atom is 0.428 e. The summed E-state index contributed by atoms with van der Waals surface area (Å²) >= 11 is 0. The van der Waals surface area contributed by atoms with E-state index >= 15 is 0 Å². The van der Waals surface area contributed by atoms with Crippen molar-refractivity contribution in [1.82, 2.24) is 14.8 Å². The lowest BCUT2D eigenvalue weighted by atomic mass is 9.89. The molecule has 3 rings (SSSR count). The molecule has 0 aliphatic carbocycles. The van der Waals surface area contributed by atoms with Gasteiger partial charge in [-0.15, -0.1) is 0 Å². The number of nitrogens with zero attached hydrogens (tertiary/aromatic N) is 2. The number of hydrogen-bond acceptors (Lipinski definition) is 4. The van der Waals surface area contributed by atoms with Gasteiger partial charge in [0.25, 0.3) is 0 Å². The van der Waals surface area contributed by atoms with E-state index in [1.54, 1.807) is 0 Å². The van der Waals surface area contributed by atoms with Crippen LogP contribution in [0.4, 0.5) is 4.79 Å². The molecule has 1 aromatic carbocycles. The molecule has 0 radical (unpaired) electrons. The van der Waals surface area contributed by atoms with E-state index in [-0.39, 0.29) is 0 Å². The molecule has 0 atom stereocenters. The van der Waals surface area contributed by atoms with Crippen LogP contribution >= 0.6 is 0 Å². The van der Waals surface area contributed by atoms with Gasteiger partial charge in [0.15, 0.2) is 5.58 Å². The van der Waals surface area contributed by atoms with Crippen LogP contribution in [0.15, 0.2) is 27.4 Å². The number of carbonyl (C=O) groups excluding carboxylic acids is 1. The fraction of sp³-hybridized carbons (Fsp3) is 0.579. The molecule has 1 fully saturated rings. The monoisotopic (exact) mass is 345 g/mol. The number of benzene rings is 1. The van der Waals surface area contributed by atoms with Crippen LogP contribution in [-0.2, 0) is 0 Å². The SMILES string of the molecule is CCCCCNC(=O)n1c(=O)oc2cc(C3CCN(C)CC3)ccc21. The Morgan fingerprint density at radius 1 is 1.28 bits per heavy atom. The molecule has 1 aliphatic rings. The first-order valence-corrected chi connectivity index (χ1v) is 9.22. The molecule has 0 bridgehead atoms. The molecule has 1 aliphatic heterocycles. The smallest absolute Gasteiger partial charge is 0.407 e. The lowest BCUT2D eigenvalue weighted by Crippen LogP contribution is -2.34. The zero-order chi connectivity index (χ0) is 17.8. The van der Waals surface area contributed by atoms with Gasteiger partial charge < -0.3 is 14.6 Å². The molecule has 1 aromatic heterocycles. The fourth-order valence-electron chi connectivity index (χ4n) is 3.47. The number of amides is 1. The minimum atomic E-state index is -0.622. The van der Waals surface area contributed by atoms with Gasteiger partial charge in [0.05, 0.1) is 5.52 Å². The van der Waals surface area contributed by atoms with E-state index in [4.69, 9.17) is 4.42 Å². The molecule has 0 unspecified atom stereocenters. The Labute approximate surface area is 147 Å². The Bertz CT molecular complexity index is 785. The number of aromatic nitrogens is 1. The van der Waals surface area contributed by atoms with Gasteiger partial charge in [-0.2, -0.15) is 4.57 Å². The van der Waals surface area contributed by atoms with Crippen molar-refractivity contribution in [2.75, 3.05) is 26.7 Å². The Hall–Kier alpha value is -2.08. The molecule has 1 saturated heterocycles. The number of nitrogens with one attached hydrogen (secondary N) is 1. The third-order valence-electron chi connectivity index (χ3n) is 5.05. The second kappa shape index (κ2) is 7.87. The van der Waals surface area contributed by atoms with Crippen LogP contribution in [0.25, 0.3) is 11.1 Å². The van der Waals surface area contributed by atoms with Gasteiger partial charge >= 0.3 is 11.8 Å². The standard InChI is InChI=1S/C19H27N3O3/c1-3-4-5-10-20-18(23)22-16-7-6-15(13-17(16)25-19(22)24)14-8-11-21(2)12-9-14/h6-7,13-14H,3-5,8-12H2,1-2H3,(H,20,23). The molecular weight excluding hydrogens is 318 g/mol. The summed E-state index contributed by atoms with van der Waals surface area (Å²) in [4.78, 5) is 26.8. The highest BCUT2D eigenvalue weighted by Crippen LogP contribution is 2.29. The largest absolute Gasteiger partial charge is 0.428 e. The number of hydrogen-bond donors (Lipinski definition) is 1. The van der Waals surface area contributed by atoms with Crippen LogP contribution < -0.4 is 11.1 Å². The Morgan fingerprint density at radius 3 is 2.76 bits per heavy atom. The highest BCUT2D eigenvalue weighted by molar-refractivity contribution is 5.88. The first kappa shape index (κ1) is 17.7. The average molecular weight is 345 g/mol. The van der Waals surface area contributed by atoms with E-state index in [0.29, 0.717) is 23.6 Å². The molecule has 2 heterocycles. The first-order chi connectivity index (χ1) is 12.1. The van der Waals surface area contributed by atoms with Crippen molar-refractivity contribution in [3.8, 4) is 0 Å². The predicted octanol–water partition coefficient (Wildman–Crippen LogP) is 3.15. The molecule has 1 amide bonds.